The van der Waals surface area contributed by atoms with Gasteiger partial charge in [0.25, 0.3) is 0 Å². The summed E-state index contributed by atoms with van der Waals surface area (Å²) in [6.07, 6.45) is 3.29. The van der Waals surface area contributed by atoms with Gasteiger partial charge in [0, 0.05) is 12.5 Å². The van der Waals surface area contributed by atoms with E-state index in [1.165, 1.54) is 13.0 Å². The molecule has 0 saturated carbocycles. The average molecular weight is 203 g/mol. The number of primary amides is 1. The van der Waals surface area contributed by atoms with E-state index in [0.717, 1.165) is 11.1 Å². The SMILES string of the molecule is CC(=O)Cc1ccccc1C=CC(N)=O. The summed E-state index contributed by atoms with van der Waals surface area (Å²) in [5.74, 6) is -0.400. The zero-order valence-electron chi connectivity index (χ0n) is 8.57. The molecule has 1 aromatic rings. The fourth-order valence-corrected chi connectivity index (χ4v) is 1.30. The first kappa shape index (κ1) is 11.2. The van der Waals surface area contributed by atoms with Crippen LogP contribution in [0.1, 0.15) is 18.1 Å². The van der Waals surface area contributed by atoms with Crippen molar-refractivity contribution < 1.29 is 9.59 Å². The largest absolute Gasteiger partial charge is 0.366 e. The molecule has 0 bridgehead atoms. The number of hydrogen-bond donors (Lipinski definition) is 1. The fraction of sp³-hybridized carbons (Fsp3) is 0.167. The summed E-state index contributed by atoms with van der Waals surface area (Å²) in [4.78, 5) is 21.6. The second-order valence-electron chi connectivity index (χ2n) is 3.31. The van der Waals surface area contributed by atoms with Gasteiger partial charge in [-0.1, -0.05) is 24.3 Å². The number of Topliss-reactive ketones (excluding diaryl/α,β-unsaturated/α-hetero) is 1. The van der Waals surface area contributed by atoms with E-state index in [2.05, 4.69) is 0 Å². The van der Waals surface area contributed by atoms with Crippen molar-refractivity contribution in [2.45, 2.75) is 13.3 Å². The van der Waals surface area contributed by atoms with Crippen LogP contribution in [0.4, 0.5) is 0 Å². The van der Waals surface area contributed by atoms with Crippen molar-refractivity contribution in [3.63, 3.8) is 0 Å². The van der Waals surface area contributed by atoms with Gasteiger partial charge in [-0.25, -0.2) is 0 Å². The molecule has 1 amide bonds. The maximum absolute atomic E-state index is 11.0. The number of carbonyl (C=O) groups excluding carboxylic acids is 2. The van der Waals surface area contributed by atoms with Crippen LogP contribution in [0.15, 0.2) is 30.3 Å². The molecule has 0 radical (unpaired) electrons. The van der Waals surface area contributed by atoms with E-state index in [4.69, 9.17) is 5.73 Å². The minimum absolute atomic E-state index is 0.0925. The molecule has 0 unspecified atom stereocenters. The molecule has 3 nitrogen and oxygen atoms in total. The number of amides is 1. The Balaban J connectivity index is 2.95. The van der Waals surface area contributed by atoms with Crippen molar-refractivity contribution in [1.82, 2.24) is 0 Å². The molecule has 78 valence electrons. The smallest absolute Gasteiger partial charge is 0.241 e. The first-order valence-corrected chi connectivity index (χ1v) is 4.64. The second kappa shape index (κ2) is 5.10. The van der Waals surface area contributed by atoms with Crippen LogP contribution in [0.25, 0.3) is 6.08 Å². The highest BCUT2D eigenvalue weighted by atomic mass is 16.1. The highest BCUT2D eigenvalue weighted by Crippen LogP contribution is 2.11. The molecule has 0 saturated heterocycles. The van der Waals surface area contributed by atoms with Crippen molar-refractivity contribution in [2.75, 3.05) is 0 Å². The molecule has 2 N–H and O–H groups in total. The van der Waals surface area contributed by atoms with Gasteiger partial charge < -0.3 is 5.73 Å². The second-order valence-corrected chi connectivity index (χ2v) is 3.31. The lowest BCUT2D eigenvalue weighted by Gasteiger charge is -2.02. The van der Waals surface area contributed by atoms with Gasteiger partial charge in [-0.15, -0.1) is 0 Å². The Morgan fingerprint density at radius 3 is 2.60 bits per heavy atom. The Morgan fingerprint density at radius 2 is 2.00 bits per heavy atom. The lowest BCUT2D eigenvalue weighted by Crippen LogP contribution is -2.05. The maximum Gasteiger partial charge on any atom is 0.241 e. The fourth-order valence-electron chi connectivity index (χ4n) is 1.30. The quantitative estimate of drug-likeness (QED) is 0.750. The Kier molecular flexibility index (Phi) is 3.80. The van der Waals surface area contributed by atoms with Gasteiger partial charge in [-0.3, -0.25) is 9.59 Å². The van der Waals surface area contributed by atoms with Crippen molar-refractivity contribution in [3.8, 4) is 0 Å². The van der Waals surface area contributed by atoms with E-state index in [-0.39, 0.29) is 5.78 Å². The molecular weight excluding hydrogens is 190 g/mol. The van der Waals surface area contributed by atoms with Crippen LogP contribution in [0.5, 0.6) is 0 Å². The molecule has 0 fully saturated rings. The van der Waals surface area contributed by atoms with Crippen LogP contribution in [-0.2, 0) is 16.0 Å². The van der Waals surface area contributed by atoms with E-state index in [0.29, 0.717) is 6.42 Å². The zero-order chi connectivity index (χ0) is 11.3. The molecule has 1 rings (SSSR count). The van der Waals surface area contributed by atoms with Crippen LogP contribution in [0.3, 0.4) is 0 Å². The Morgan fingerprint density at radius 1 is 1.33 bits per heavy atom. The van der Waals surface area contributed by atoms with Crippen LogP contribution in [-0.4, -0.2) is 11.7 Å². The highest BCUT2D eigenvalue weighted by molar-refractivity contribution is 5.90. The maximum atomic E-state index is 11.0. The van der Waals surface area contributed by atoms with Crippen molar-refractivity contribution >= 4 is 17.8 Å². The minimum Gasteiger partial charge on any atom is -0.366 e. The third kappa shape index (κ3) is 3.77. The third-order valence-corrected chi connectivity index (χ3v) is 1.92. The molecule has 15 heavy (non-hydrogen) atoms. The monoisotopic (exact) mass is 203 g/mol. The first-order chi connectivity index (χ1) is 7.09. The van der Waals surface area contributed by atoms with Crippen molar-refractivity contribution in [3.05, 3.63) is 41.5 Å². The van der Waals surface area contributed by atoms with Crippen LogP contribution in [0, 0.1) is 0 Å². The molecule has 0 aliphatic heterocycles. The van der Waals surface area contributed by atoms with E-state index in [1.807, 2.05) is 24.3 Å². The van der Waals surface area contributed by atoms with Crippen LogP contribution in [0.2, 0.25) is 0 Å². The number of benzene rings is 1. The Labute approximate surface area is 88.6 Å². The summed E-state index contributed by atoms with van der Waals surface area (Å²) < 4.78 is 0. The molecule has 1 aromatic carbocycles. The van der Waals surface area contributed by atoms with Gasteiger partial charge in [0.05, 0.1) is 0 Å². The van der Waals surface area contributed by atoms with E-state index in [9.17, 15) is 9.59 Å². The van der Waals surface area contributed by atoms with Crippen molar-refractivity contribution in [2.24, 2.45) is 5.73 Å². The number of nitrogens with two attached hydrogens (primary N) is 1. The molecule has 0 spiro atoms. The van der Waals surface area contributed by atoms with Gasteiger partial charge in [-0.2, -0.15) is 0 Å². The molecule has 3 heteroatoms. The molecular formula is C12H13NO2. The van der Waals surface area contributed by atoms with E-state index in [1.54, 1.807) is 6.08 Å². The minimum atomic E-state index is -0.493. The summed E-state index contributed by atoms with van der Waals surface area (Å²) in [5, 5.41) is 0. The van der Waals surface area contributed by atoms with Gasteiger partial charge in [0.15, 0.2) is 0 Å². The number of hydrogen-bond acceptors (Lipinski definition) is 2. The van der Waals surface area contributed by atoms with Gasteiger partial charge in [0.1, 0.15) is 5.78 Å². The molecule has 0 aliphatic carbocycles. The Hall–Kier alpha value is -1.90. The van der Waals surface area contributed by atoms with E-state index >= 15 is 0 Å². The number of carbonyl (C=O) groups is 2. The predicted octanol–water partition coefficient (Wildman–Crippen LogP) is 1.32. The molecule has 0 aliphatic rings. The summed E-state index contributed by atoms with van der Waals surface area (Å²) in [7, 11) is 0. The lowest BCUT2D eigenvalue weighted by molar-refractivity contribution is -0.116. The van der Waals surface area contributed by atoms with Gasteiger partial charge >= 0.3 is 0 Å². The van der Waals surface area contributed by atoms with Gasteiger partial charge in [-0.05, 0) is 24.1 Å². The standard InChI is InChI=1S/C12H13NO2/c1-9(14)8-11-5-3-2-4-10(11)6-7-12(13)15/h2-7H,8H2,1H3,(H2,13,15). The lowest BCUT2D eigenvalue weighted by atomic mass is 10.0. The zero-order valence-corrected chi connectivity index (χ0v) is 8.57. The predicted molar refractivity (Wildman–Crippen MR) is 59.1 cm³/mol. The Bertz CT molecular complexity index is 408. The summed E-state index contributed by atoms with van der Waals surface area (Å²) in [6, 6.07) is 7.42. The van der Waals surface area contributed by atoms with E-state index < -0.39 is 5.91 Å². The summed E-state index contributed by atoms with van der Waals surface area (Å²) in [6.45, 7) is 1.54. The molecule has 0 aromatic heterocycles. The van der Waals surface area contributed by atoms with Crippen LogP contribution >= 0.6 is 0 Å². The third-order valence-electron chi connectivity index (χ3n) is 1.92. The first-order valence-electron chi connectivity index (χ1n) is 4.64. The summed E-state index contributed by atoms with van der Waals surface area (Å²) >= 11 is 0. The number of ketones is 1. The highest BCUT2D eigenvalue weighted by Gasteiger charge is 2.01. The van der Waals surface area contributed by atoms with Gasteiger partial charge in [0.2, 0.25) is 5.91 Å². The molecule has 0 heterocycles. The number of rotatable bonds is 4. The topological polar surface area (TPSA) is 60.2 Å². The van der Waals surface area contributed by atoms with Crippen LogP contribution < -0.4 is 5.73 Å². The normalized spacial score (nSPS) is 10.5. The summed E-state index contributed by atoms with van der Waals surface area (Å²) in [5.41, 5.74) is 6.76. The molecule has 0 atom stereocenters. The average Bonchev–Trinajstić information content (AvgIpc) is 2.15. The van der Waals surface area contributed by atoms with Crippen molar-refractivity contribution in [1.29, 1.82) is 0 Å².